The van der Waals surface area contributed by atoms with Crippen LogP contribution in [0.25, 0.3) is 0 Å². The SMILES string of the molecule is CCCN(C(=O)c1csnn1)[C@H]1CCCN(Cc2ccccc2)C1. The molecule has 6 heteroatoms. The molecule has 0 aliphatic carbocycles. The predicted molar refractivity (Wildman–Crippen MR) is 96.0 cm³/mol. The molecule has 1 aromatic heterocycles. The zero-order valence-electron chi connectivity index (χ0n) is 14.1. The van der Waals surface area contributed by atoms with Gasteiger partial charge in [-0.2, -0.15) is 0 Å². The van der Waals surface area contributed by atoms with Gasteiger partial charge in [0.25, 0.3) is 5.91 Å². The molecule has 0 radical (unpaired) electrons. The fourth-order valence-electron chi connectivity index (χ4n) is 3.37. The van der Waals surface area contributed by atoms with Crippen LogP contribution in [0.4, 0.5) is 0 Å². The van der Waals surface area contributed by atoms with Gasteiger partial charge in [-0.15, -0.1) is 5.10 Å². The monoisotopic (exact) mass is 344 g/mol. The first-order valence-corrected chi connectivity index (χ1v) is 9.46. The quantitative estimate of drug-likeness (QED) is 0.808. The lowest BCUT2D eigenvalue weighted by atomic mass is 10.0. The van der Waals surface area contributed by atoms with E-state index in [1.165, 1.54) is 17.1 Å². The van der Waals surface area contributed by atoms with Gasteiger partial charge in [0.1, 0.15) is 0 Å². The van der Waals surface area contributed by atoms with E-state index < -0.39 is 0 Å². The van der Waals surface area contributed by atoms with Crippen molar-refractivity contribution >= 4 is 17.4 Å². The normalized spacial score (nSPS) is 18.5. The van der Waals surface area contributed by atoms with Gasteiger partial charge in [-0.1, -0.05) is 41.7 Å². The van der Waals surface area contributed by atoms with Gasteiger partial charge in [-0.25, -0.2) is 0 Å². The molecule has 5 nitrogen and oxygen atoms in total. The second-order valence-corrected chi connectivity index (χ2v) is 6.92. The summed E-state index contributed by atoms with van der Waals surface area (Å²) in [5.74, 6) is 0.0251. The molecule has 0 bridgehead atoms. The van der Waals surface area contributed by atoms with Crippen molar-refractivity contribution in [3.05, 3.63) is 47.0 Å². The number of carbonyl (C=O) groups excluding carboxylic acids is 1. The number of hydrogen-bond donors (Lipinski definition) is 0. The van der Waals surface area contributed by atoms with Crippen molar-refractivity contribution in [2.24, 2.45) is 0 Å². The summed E-state index contributed by atoms with van der Waals surface area (Å²) in [6.07, 6.45) is 3.15. The maximum atomic E-state index is 12.8. The Labute approximate surface area is 147 Å². The zero-order valence-corrected chi connectivity index (χ0v) is 14.9. The van der Waals surface area contributed by atoms with Gasteiger partial charge in [0.15, 0.2) is 5.69 Å². The molecule has 0 saturated carbocycles. The van der Waals surface area contributed by atoms with E-state index >= 15 is 0 Å². The molecule has 3 rings (SSSR count). The van der Waals surface area contributed by atoms with Gasteiger partial charge < -0.3 is 4.90 Å². The van der Waals surface area contributed by atoms with Crippen LogP contribution in [0.2, 0.25) is 0 Å². The predicted octanol–water partition coefficient (Wildman–Crippen LogP) is 3.05. The van der Waals surface area contributed by atoms with Crippen molar-refractivity contribution in [2.75, 3.05) is 19.6 Å². The molecule has 1 amide bonds. The Morgan fingerprint density at radius 2 is 2.21 bits per heavy atom. The summed E-state index contributed by atoms with van der Waals surface area (Å²) in [6.45, 7) is 5.87. The number of carbonyl (C=O) groups is 1. The number of nitrogens with zero attached hydrogens (tertiary/aromatic N) is 4. The van der Waals surface area contributed by atoms with E-state index in [0.717, 1.165) is 45.4 Å². The molecule has 1 aliphatic rings. The molecular formula is C18H24N4OS. The summed E-state index contributed by atoms with van der Waals surface area (Å²) in [5.41, 5.74) is 1.81. The Hall–Kier alpha value is -1.79. The number of piperidine rings is 1. The molecule has 1 aliphatic heterocycles. The first-order valence-electron chi connectivity index (χ1n) is 8.62. The minimum absolute atomic E-state index is 0.0251. The number of amides is 1. The maximum absolute atomic E-state index is 12.8. The van der Waals surface area contributed by atoms with Crippen molar-refractivity contribution < 1.29 is 4.79 Å². The highest BCUT2D eigenvalue weighted by atomic mass is 32.1. The van der Waals surface area contributed by atoms with Crippen molar-refractivity contribution in [1.29, 1.82) is 0 Å². The van der Waals surface area contributed by atoms with Gasteiger partial charge >= 0.3 is 0 Å². The lowest BCUT2D eigenvalue weighted by Crippen LogP contribution is -2.50. The summed E-state index contributed by atoms with van der Waals surface area (Å²) in [6, 6.07) is 10.8. The van der Waals surface area contributed by atoms with E-state index in [0.29, 0.717) is 5.69 Å². The molecule has 24 heavy (non-hydrogen) atoms. The fraction of sp³-hybridized carbons (Fsp3) is 0.500. The van der Waals surface area contributed by atoms with Crippen LogP contribution in [-0.4, -0.2) is 51.0 Å². The van der Waals surface area contributed by atoms with Crippen LogP contribution in [-0.2, 0) is 6.54 Å². The summed E-state index contributed by atoms with van der Waals surface area (Å²) < 4.78 is 3.84. The fourth-order valence-corrected chi connectivity index (χ4v) is 3.80. The second-order valence-electron chi connectivity index (χ2n) is 6.31. The van der Waals surface area contributed by atoms with Gasteiger partial charge in [0.2, 0.25) is 0 Å². The Morgan fingerprint density at radius 3 is 2.92 bits per heavy atom. The highest BCUT2D eigenvalue weighted by Crippen LogP contribution is 2.20. The van der Waals surface area contributed by atoms with Gasteiger partial charge in [0, 0.05) is 31.1 Å². The lowest BCUT2D eigenvalue weighted by molar-refractivity contribution is 0.0529. The minimum atomic E-state index is 0.0251. The van der Waals surface area contributed by atoms with E-state index in [1.807, 2.05) is 11.0 Å². The Balaban J connectivity index is 1.67. The molecule has 1 aromatic carbocycles. The standard InChI is InChI=1S/C18H24N4OS/c1-2-10-22(18(23)17-14-24-20-19-17)16-9-6-11-21(13-16)12-15-7-4-3-5-8-15/h3-5,7-8,14,16H,2,6,9-13H2,1H3/t16-/m0/s1. The van der Waals surface area contributed by atoms with Gasteiger partial charge in [-0.05, 0) is 42.9 Å². The van der Waals surface area contributed by atoms with E-state index in [9.17, 15) is 4.79 Å². The average molecular weight is 344 g/mol. The number of aromatic nitrogens is 2. The van der Waals surface area contributed by atoms with Crippen molar-refractivity contribution in [3.8, 4) is 0 Å². The van der Waals surface area contributed by atoms with Crippen LogP contribution in [0, 0.1) is 0 Å². The third-order valence-electron chi connectivity index (χ3n) is 4.47. The number of likely N-dealkylation sites (tertiary alicyclic amines) is 1. The van der Waals surface area contributed by atoms with E-state index in [1.54, 1.807) is 5.38 Å². The maximum Gasteiger partial charge on any atom is 0.275 e. The third kappa shape index (κ3) is 4.19. The number of rotatable bonds is 6. The smallest absolute Gasteiger partial charge is 0.275 e. The molecule has 2 aromatic rings. The highest BCUT2D eigenvalue weighted by molar-refractivity contribution is 7.03. The summed E-state index contributed by atoms with van der Waals surface area (Å²) in [4.78, 5) is 17.2. The molecule has 1 atom stereocenters. The molecule has 0 spiro atoms. The molecule has 128 valence electrons. The lowest BCUT2D eigenvalue weighted by Gasteiger charge is -2.39. The molecular weight excluding hydrogens is 320 g/mol. The van der Waals surface area contributed by atoms with Crippen LogP contribution >= 0.6 is 11.5 Å². The van der Waals surface area contributed by atoms with E-state index in [-0.39, 0.29) is 11.9 Å². The second kappa shape index (κ2) is 8.35. The van der Waals surface area contributed by atoms with E-state index in [4.69, 9.17) is 0 Å². The van der Waals surface area contributed by atoms with Crippen LogP contribution in [0.1, 0.15) is 42.2 Å². The summed E-state index contributed by atoms with van der Waals surface area (Å²) >= 11 is 1.23. The minimum Gasteiger partial charge on any atom is -0.333 e. The largest absolute Gasteiger partial charge is 0.333 e. The molecule has 1 fully saturated rings. The first kappa shape index (κ1) is 17.0. The molecule has 0 N–H and O–H groups in total. The molecule has 2 heterocycles. The van der Waals surface area contributed by atoms with Crippen LogP contribution in [0.15, 0.2) is 35.7 Å². The van der Waals surface area contributed by atoms with Crippen LogP contribution < -0.4 is 0 Å². The first-order chi connectivity index (χ1) is 11.8. The highest BCUT2D eigenvalue weighted by Gasteiger charge is 2.29. The third-order valence-corrected chi connectivity index (χ3v) is 4.98. The number of benzene rings is 1. The van der Waals surface area contributed by atoms with E-state index in [2.05, 4.69) is 45.7 Å². The topological polar surface area (TPSA) is 49.3 Å². The van der Waals surface area contributed by atoms with Crippen molar-refractivity contribution in [2.45, 2.75) is 38.8 Å². The number of hydrogen-bond acceptors (Lipinski definition) is 5. The molecule has 1 saturated heterocycles. The summed E-state index contributed by atoms with van der Waals surface area (Å²) in [5, 5.41) is 5.71. The zero-order chi connectivity index (χ0) is 16.8. The molecule has 0 unspecified atom stereocenters. The average Bonchev–Trinajstić information content (AvgIpc) is 3.15. The Bertz CT molecular complexity index is 632. The van der Waals surface area contributed by atoms with Crippen molar-refractivity contribution in [1.82, 2.24) is 19.4 Å². The summed E-state index contributed by atoms with van der Waals surface area (Å²) in [7, 11) is 0. The van der Waals surface area contributed by atoms with Gasteiger partial charge in [-0.3, -0.25) is 9.69 Å². The van der Waals surface area contributed by atoms with Crippen molar-refractivity contribution in [3.63, 3.8) is 0 Å². The Morgan fingerprint density at radius 1 is 1.38 bits per heavy atom. The van der Waals surface area contributed by atoms with Gasteiger partial charge in [0.05, 0.1) is 0 Å². The van der Waals surface area contributed by atoms with Crippen LogP contribution in [0.5, 0.6) is 0 Å². The Kier molecular flexibility index (Phi) is 5.93. The van der Waals surface area contributed by atoms with Crippen LogP contribution in [0.3, 0.4) is 0 Å².